The molecule has 0 saturated carbocycles. The molecule has 0 aliphatic rings. The Labute approximate surface area is 172 Å². The zero-order valence-corrected chi connectivity index (χ0v) is 17.5. The fourth-order valence-corrected chi connectivity index (χ4v) is 4.02. The summed E-state index contributed by atoms with van der Waals surface area (Å²) >= 11 is 1.47. The molecular weight excluding hydrogens is 416 g/mol. The highest BCUT2D eigenvalue weighted by atomic mass is 32.2. The number of rotatable bonds is 9. The third-order valence-corrected chi connectivity index (χ3v) is 5.76. The molecule has 1 amide bonds. The molecule has 29 heavy (non-hydrogen) atoms. The van der Waals surface area contributed by atoms with E-state index in [4.69, 9.17) is 9.26 Å². The molecule has 1 N–H and O–H groups in total. The van der Waals surface area contributed by atoms with Crippen LogP contribution in [0.4, 0.5) is 5.69 Å². The summed E-state index contributed by atoms with van der Waals surface area (Å²) in [6.07, 6.45) is 1.04. The van der Waals surface area contributed by atoms with Crippen molar-refractivity contribution in [2.24, 2.45) is 0 Å². The molecule has 0 bridgehead atoms. The minimum Gasteiger partial charge on any atom is -0.492 e. The van der Waals surface area contributed by atoms with Gasteiger partial charge in [0, 0.05) is 0 Å². The van der Waals surface area contributed by atoms with Crippen LogP contribution in [0.15, 0.2) is 46.3 Å². The van der Waals surface area contributed by atoms with E-state index in [-0.39, 0.29) is 12.4 Å². The molecule has 3 aromatic rings. The van der Waals surface area contributed by atoms with Crippen molar-refractivity contribution in [2.45, 2.75) is 13.5 Å². The summed E-state index contributed by atoms with van der Waals surface area (Å²) in [5.41, 5.74) is 0.296. The molecule has 0 saturated heterocycles. The second-order valence-electron chi connectivity index (χ2n) is 5.94. The first-order chi connectivity index (χ1) is 13.9. The maximum Gasteiger partial charge on any atom is 0.246 e. The Morgan fingerprint density at radius 2 is 2.07 bits per heavy atom. The summed E-state index contributed by atoms with van der Waals surface area (Å²) in [4.78, 5) is 17.5. The molecule has 0 atom stereocenters. The number of nitrogens with zero attached hydrogens (tertiary/aromatic N) is 3. The van der Waals surface area contributed by atoms with Crippen molar-refractivity contribution < 1.29 is 22.5 Å². The molecule has 0 spiro atoms. The highest BCUT2D eigenvalue weighted by Crippen LogP contribution is 2.29. The number of carbonyl (C=O) groups excluding carboxylic acids is 1. The first-order valence-corrected chi connectivity index (χ1v) is 11.4. The summed E-state index contributed by atoms with van der Waals surface area (Å²) in [7, 11) is -3.72. The van der Waals surface area contributed by atoms with Crippen molar-refractivity contribution >= 4 is 33.0 Å². The number of aromatic nitrogens is 2. The van der Waals surface area contributed by atoms with Gasteiger partial charge in [-0.1, -0.05) is 23.4 Å². The number of amides is 1. The Morgan fingerprint density at radius 3 is 2.76 bits per heavy atom. The van der Waals surface area contributed by atoms with Crippen molar-refractivity contribution in [3.05, 3.63) is 47.7 Å². The van der Waals surface area contributed by atoms with Crippen LogP contribution in [-0.4, -0.2) is 43.9 Å². The number of hydrogen-bond acceptors (Lipinski definition) is 8. The van der Waals surface area contributed by atoms with Gasteiger partial charge in [0.25, 0.3) is 0 Å². The highest BCUT2D eigenvalue weighted by molar-refractivity contribution is 7.92. The maximum absolute atomic E-state index is 12.4. The molecule has 3 rings (SSSR count). The quantitative estimate of drug-likeness (QED) is 0.547. The molecule has 0 fully saturated rings. The van der Waals surface area contributed by atoms with Gasteiger partial charge >= 0.3 is 0 Å². The molecule has 11 heteroatoms. The van der Waals surface area contributed by atoms with Crippen LogP contribution in [0, 0.1) is 0 Å². The van der Waals surface area contributed by atoms with Crippen molar-refractivity contribution in [3.63, 3.8) is 0 Å². The maximum atomic E-state index is 12.4. The molecule has 154 valence electrons. The second kappa shape index (κ2) is 9.05. The lowest BCUT2D eigenvalue weighted by Gasteiger charge is -2.23. The Bertz CT molecular complexity index is 1060. The monoisotopic (exact) mass is 436 g/mol. The van der Waals surface area contributed by atoms with Gasteiger partial charge in [0.2, 0.25) is 27.6 Å². The highest BCUT2D eigenvalue weighted by Gasteiger charge is 2.24. The van der Waals surface area contributed by atoms with Crippen LogP contribution >= 0.6 is 11.3 Å². The standard InChI is InChI=1S/C18H20N4O5S2/c1-3-26-14-8-5-4-7-13(14)22(29(2,24)25)12-16(23)19-11-17-20-18(21-27-17)15-9-6-10-28-15/h4-10H,3,11-12H2,1-2H3,(H,19,23). The number of ether oxygens (including phenoxy) is 1. The lowest BCUT2D eigenvalue weighted by atomic mass is 10.3. The van der Waals surface area contributed by atoms with Gasteiger partial charge in [0.05, 0.1) is 30.0 Å². The third-order valence-electron chi connectivity index (χ3n) is 3.77. The number of sulfonamides is 1. The molecule has 1 aromatic carbocycles. The van der Waals surface area contributed by atoms with Crippen molar-refractivity contribution in [3.8, 4) is 16.5 Å². The molecule has 2 heterocycles. The lowest BCUT2D eigenvalue weighted by Crippen LogP contribution is -2.40. The van der Waals surface area contributed by atoms with Crippen molar-refractivity contribution in [1.29, 1.82) is 0 Å². The number of carbonyl (C=O) groups is 1. The summed E-state index contributed by atoms with van der Waals surface area (Å²) in [5, 5.41) is 8.37. The Morgan fingerprint density at radius 1 is 1.28 bits per heavy atom. The van der Waals surface area contributed by atoms with Gasteiger partial charge in [-0.05, 0) is 30.5 Å². The van der Waals surface area contributed by atoms with Gasteiger partial charge in [-0.2, -0.15) is 4.98 Å². The fraction of sp³-hybridized carbons (Fsp3) is 0.278. The zero-order chi connectivity index (χ0) is 20.9. The van der Waals surface area contributed by atoms with Crippen LogP contribution in [0.3, 0.4) is 0 Å². The van der Waals surface area contributed by atoms with Crippen LogP contribution in [0.1, 0.15) is 12.8 Å². The van der Waals surface area contributed by atoms with Crippen LogP contribution in [0.5, 0.6) is 5.75 Å². The molecule has 0 aliphatic carbocycles. The van der Waals surface area contributed by atoms with E-state index >= 15 is 0 Å². The molecule has 2 aromatic heterocycles. The number of thiophene rings is 1. The minimum atomic E-state index is -3.72. The van der Waals surface area contributed by atoms with Gasteiger partial charge < -0.3 is 14.6 Å². The zero-order valence-electron chi connectivity index (χ0n) is 15.9. The summed E-state index contributed by atoms with van der Waals surface area (Å²) in [6, 6.07) is 10.4. The molecule has 0 unspecified atom stereocenters. The van der Waals surface area contributed by atoms with Gasteiger partial charge in [-0.3, -0.25) is 9.10 Å². The average Bonchev–Trinajstić information content (AvgIpc) is 3.36. The van der Waals surface area contributed by atoms with Crippen LogP contribution < -0.4 is 14.4 Å². The average molecular weight is 437 g/mol. The van der Waals surface area contributed by atoms with E-state index in [1.807, 2.05) is 17.5 Å². The molecule has 0 radical (unpaired) electrons. The smallest absolute Gasteiger partial charge is 0.246 e. The number of nitrogens with one attached hydrogen (secondary N) is 1. The lowest BCUT2D eigenvalue weighted by molar-refractivity contribution is -0.119. The second-order valence-corrected chi connectivity index (χ2v) is 8.79. The topological polar surface area (TPSA) is 115 Å². The summed E-state index contributed by atoms with van der Waals surface area (Å²) < 4.78 is 36.2. The van der Waals surface area contributed by atoms with Crippen LogP contribution in [0.2, 0.25) is 0 Å². The van der Waals surface area contributed by atoms with Crippen LogP contribution in [0.25, 0.3) is 10.7 Å². The van der Waals surface area contributed by atoms with Crippen LogP contribution in [-0.2, 0) is 21.4 Å². The SMILES string of the molecule is CCOc1ccccc1N(CC(=O)NCc1nc(-c2cccs2)no1)S(C)(=O)=O. The van der Waals surface area contributed by atoms with E-state index < -0.39 is 22.5 Å². The van der Waals surface area contributed by atoms with Gasteiger partial charge in [0.1, 0.15) is 12.3 Å². The summed E-state index contributed by atoms with van der Waals surface area (Å²) in [6.45, 7) is 1.74. The number of hydrogen-bond donors (Lipinski definition) is 1. The van der Waals surface area contributed by atoms with E-state index in [1.165, 1.54) is 11.3 Å². The third kappa shape index (κ3) is 5.33. The normalized spacial score (nSPS) is 11.2. The van der Waals surface area contributed by atoms with E-state index in [0.29, 0.717) is 23.9 Å². The molecule has 0 aliphatic heterocycles. The van der Waals surface area contributed by atoms with Gasteiger partial charge in [0.15, 0.2) is 0 Å². The summed E-state index contributed by atoms with van der Waals surface area (Å²) in [5.74, 6) is 0.526. The molecular formula is C18H20N4O5S2. The molecule has 9 nitrogen and oxygen atoms in total. The number of para-hydroxylation sites is 2. The predicted octanol–water partition coefficient (Wildman–Crippen LogP) is 2.28. The Balaban J connectivity index is 1.68. The van der Waals surface area contributed by atoms with E-state index in [0.717, 1.165) is 15.4 Å². The van der Waals surface area contributed by atoms with E-state index in [1.54, 1.807) is 31.2 Å². The number of benzene rings is 1. The van der Waals surface area contributed by atoms with Crippen molar-refractivity contribution in [1.82, 2.24) is 15.5 Å². The van der Waals surface area contributed by atoms with E-state index in [2.05, 4.69) is 15.5 Å². The fourth-order valence-electron chi connectivity index (χ4n) is 2.51. The first kappa shape index (κ1) is 20.8. The number of anilines is 1. The first-order valence-electron chi connectivity index (χ1n) is 8.71. The largest absolute Gasteiger partial charge is 0.492 e. The Hall–Kier alpha value is -2.92. The van der Waals surface area contributed by atoms with E-state index in [9.17, 15) is 13.2 Å². The van der Waals surface area contributed by atoms with Gasteiger partial charge in [-0.15, -0.1) is 11.3 Å². The minimum absolute atomic E-state index is 0.0120. The Kier molecular flexibility index (Phi) is 6.49. The van der Waals surface area contributed by atoms with Crippen molar-refractivity contribution in [2.75, 3.05) is 23.7 Å². The predicted molar refractivity (Wildman–Crippen MR) is 109 cm³/mol. The van der Waals surface area contributed by atoms with Gasteiger partial charge in [-0.25, -0.2) is 8.42 Å².